The molecular formula is C29H24O9. The quantitative estimate of drug-likeness (QED) is 0.263. The van der Waals surface area contributed by atoms with Gasteiger partial charge in [0.1, 0.15) is 18.0 Å². The molecule has 1 aliphatic rings. The van der Waals surface area contributed by atoms with Crippen molar-refractivity contribution >= 4 is 22.9 Å². The lowest BCUT2D eigenvalue weighted by atomic mass is 10.0. The predicted molar refractivity (Wildman–Crippen MR) is 137 cm³/mol. The first-order valence-corrected chi connectivity index (χ1v) is 11.8. The van der Waals surface area contributed by atoms with E-state index in [1.807, 2.05) is 0 Å². The standard InChI is InChI=1S/C29H24O9/c1-16(30)34-15-28-29(19-9-11-23(35-17(2)31)26(13-19)33-3)38-27-12-18(8-10-24(27)37-28)25-14-21(32)20-6-4-5-7-22(20)36-25/h4-14,28-29H,15H2,1-3H3/t28-,29-/m1/s1. The monoisotopic (exact) mass is 516 g/mol. The van der Waals surface area contributed by atoms with E-state index in [9.17, 15) is 14.4 Å². The van der Waals surface area contributed by atoms with Crippen LogP contribution < -0.4 is 24.4 Å². The molecule has 0 saturated heterocycles. The molecule has 38 heavy (non-hydrogen) atoms. The molecule has 9 nitrogen and oxygen atoms in total. The van der Waals surface area contributed by atoms with Crippen molar-refractivity contribution in [1.29, 1.82) is 0 Å². The number of fused-ring (bicyclic) bond motifs is 2. The number of carbonyl (C=O) groups is 2. The van der Waals surface area contributed by atoms with E-state index in [0.717, 1.165) is 0 Å². The number of ether oxygens (including phenoxy) is 5. The molecular weight excluding hydrogens is 492 g/mol. The van der Waals surface area contributed by atoms with Crippen LogP contribution in [0.1, 0.15) is 25.5 Å². The molecule has 0 N–H and O–H groups in total. The zero-order chi connectivity index (χ0) is 26.8. The van der Waals surface area contributed by atoms with Crippen LogP contribution in [-0.4, -0.2) is 31.8 Å². The van der Waals surface area contributed by atoms with Crippen LogP contribution in [0, 0.1) is 0 Å². The second-order valence-electron chi connectivity index (χ2n) is 8.63. The minimum atomic E-state index is -0.707. The average molecular weight is 517 g/mol. The topological polar surface area (TPSA) is 111 Å². The SMILES string of the molecule is COc1cc([C@H]2Oc3cc(-c4cc(=O)c5ccccc5o4)ccc3O[C@@H]2COC(C)=O)ccc1OC(C)=O. The van der Waals surface area contributed by atoms with Crippen molar-refractivity contribution in [1.82, 2.24) is 0 Å². The van der Waals surface area contributed by atoms with Crippen molar-refractivity contribution < 1.29 is 37.7 Å². The van der Waals surface area contributed by atoms with Crippen LogP contribution in [0.2, 0.25) is 0 Å². The maximum atomic E-state index is 12.6. The zero-order valence-electron chi connectivity index (χ0n) is 20.9. The van der Waals surface area contributed by atoms with Crippen molar-refractivity contribution in [2.75, 3.05) is 13.7 Å². The molecule has 5 rings (SSSR count). The second-order valence-corrected chi connectivity index (χ2v) is 8.63. The Bertz CT molecular complexity index is 1590. The first-order valence-electron chi connectivity index (χ1n) is 11.8. The lowest BCUT2D eigenvalue weighted by Crippen LogP contribution is -2.37. The Kier molecular flexibility index (Phi) is 6.74. The number of esters is 2. The summed E-state index contributed by atoms with van der Waals surface area (Å²) < 4.78 is 34.4. The van der Waals surface area contributed by atoms with Gasteiger partial charge >= 0.3 is 11.9 Å². The van der Waals surface area contributed by atoms with E-state index in [2.05, 4.69) is 0 Å². The maximum Gasteiger partial charge on any atom is 0.308 e. The van der Waals surface area contributed by atoms with Gasteiger partial charge in [-0.25, -0.2) is 0 Å². The average Bonchev–Trinajstić information content (AvgIpc) is 2.91. The first kappa shape index (κ1) is 24.9. The number of methoxy groups -OCH3 is 1. The summed E-state index contributed by atoms with van der Waals surface area (Å²) in [4.78, 5) is 35.6. The molecule has 9 heteroatoms. The van der Waals surface area contributed by atoms with Crippen molar-refractivity contribution in [2.45, 2.75) is 26.1 Å². The Morgan fingerprint density at radius 1 is 0.868 bits per heavy atom. The summed E-state index contributed by atoms with van der Waals surface area (Å²) >= 11 is 0. The minimum absolute atomic E-state index is 0.0608. The van der Waals surface area contributed by atoms with Gasteiger partial charge in [-0.1, -0.05) is 18.2 Å². The molecule has 0 bridgehead atoms. The third-order valence-electron chi connectivity index (χ3n) is 5.95. The predicted octanol–water partition coefficient (Wildman–Crippen LogP) is 4.84. The Hall–Kier alpha value is -4.79. The van der Waals surface area contributed by atoms with Crippen LogP contribution in [0.3, 0.4) is 0 Å². The van der Waals surface area contributed by atoms with Crippen molar-refractivity contribution in [2.24, 2.45) is 0 Å². The van der Waals surface area contributed by atoms with E-state index < -0.39 is 24.1 Å². The van der Waals surface area contributed by atoms with Gasteiger partial charge in [-0.05, 0) is 42.5 Å². The number of benzene rings is 3. The van der Waals surface area contributed by atoms with Crippen molar-refractivity contribution in [3.05, 3.63) is 82.5 Å². The normalized spacial score (nSPS) is 16.1. The molecule has 4 aromatic rings. The van der Waals surface area contributed by atoms with E-state index in [0.29, 0.717) is 45.1 Å². The van der Waals surface area contributed by atoms with Crippen LogP contribution in [0.25, 0.3) is 22.3 Å². The lowest BCUT2D eigenvalue weighted by molar-refractivity contribution is -0.145. The molecule has 0 aliphatic carbocycles. The van der Waals surface area contributed by atoms with E-state index in [1.54, 1.807) is 60.7 Å². The van der Waals surface area contributed by atoms with Gasteiger partial charge in [-0.3, -0.25) is 14.4 Å². The summed E-state index contributed by atoms with van der Waals surface area (Å²) in [5.74, 6) is 0.867. The molecule has 0 unspecified atom stereocenters. The highest BCUT2D eigenvalue weighted by Crippen LogP contribution is 2.43. The lowest BCUT2D eigenvalue weighted by Gasteiger charge is -2.34. The van der Waals surface area contributed by atoms with Crippen LogP contribution >= 0.6 is 0 Å². The zero-order valence-corrected chi connectivity index (χ0v) is 20.9. The summed E-state index contributed by atoms with van der Waals surface area (Å²) in [6.45, 7) is 2.55. The number of hydrogen-bond donors (Lipinski definition) is 0. The van der Waals surface area contributed by atoms with Gasteiger partial charge < -0.3 is 28.1 Å². The molecule has 0 amide bonds. The maximum absolute atomic E-state index is 12.6. The summed E-state index contributed by atoms with van der Waals surface area (Å²) in [5, 5.41) is 0.494. The molecule has 0 spiro atoms. The molecule has 0 saturated carbocycles. The summed E-state index contributed by atoms with van der Waals surface area (Å²) in [7, 11) is 1.46. The Morgan fingerprint density at radius 2 is 1.68 bits per heavy atom. The van der Waals surface area contributed by atoms with E-state index in [-0.39, 0.29) is 17.8 Å². The fraction of sp³-hybridized carbons (Fsp3) is 0.207. The van der Waals surface area contributed by atoms with Crippen molar-refractivity contribution in [3.8, 4) is 34.3 Å². The Balaban J connectivity index is 1.52. The molecule has 3 aromatic carbocycles. The summed E-state index contributed by atoms with van der Waals surface area (Å²) in [6, 6.07) is 18.6. The first-order chi connectivity index (χ1) is 18.3. The highest BCUT2D eigenvalue weighted by molar-refractivity contribution is 5.79. The number of carbonyl (C=O) groups excluding carboxylic acids is 2. The number of rotatable bonds is 6. The van der Waals surface area contributed by atoms with Gasteiger partial charge in [0.25, 0.3) is 0 Å². The van der Waals surface area contributed by atoms with Crippen LogP contribution in [0.5, 0.6) is 23.0 Å². The largest absolute Gasteiger partial charge is 0.493 e. The number of para-hydroxylation sites is 1. The Morgan fingerprint density at radius 3 is 2.45 bits per heavy atom. The molecule has 1 aromatic heterocycles. The van der Waals surface area contributed by atoms with Crippen LogP contribution in [0.15, 0.2) is 75.9 Å². The third kappa shape index (κ3) is 5.04. The summed E-state index contributed by atoms with van der Waals surface area (Å²) in [6.07, 6.45) is -1.39. The molecule has 1 aliphatic heterocycles. The van der Waals surface area contributed by atoms with E-state index >= 15 is 0 Å². The van der Waals surface area contributed by atoms with E-state index in [1.165, 1.54) is 27.0 Å². The fourth-order valence-corrected chi connectivity index (χ4v) is 4.24. The van der Waals surface area contributed by atoms with E-state index in [4.69, 9.17) is 28.1 Å². The molecule has 194 valence electrons. The van der Waals surface area contributed by atoms with Crippen LogP contribution in [-0.2, 0) is 14.3 Å². The molecule has 0 radical (unpaired) electrons. The van der Waals surface area contributed by atoms with Gasteiger partial charge in [0.2, 0.25) is 0 Å². The third-order valence-corrected chi connectivity index (χ3v) is 5.95. The van der Waals surface area contributed by atoms with Gasteiger partial charge in [0, 0.05) is 31.0 Å². The van der Waals surface area contributed by atoms with Gasteiger partial charge in [-0.15, -0.1) is 0 Å². The molecule has 0 fully saturated rings. The fourth-order valence-electron chi connectivity index (χ4n) is 4.24. The molecule has 2 heterocycles. The Labute approximate surface area is 217 Å². The van der Waals surface area contributed by atoms with Gasteiger partial charge in [-0.2, -0.15) is 0 Å². The minimum Gasteiger partial charge on any atom is -0.493 e. The smallest absolute Gasteiger partial charge is 0.308 e. The van der Waals surface area contributed by atoms with Gasteiger partial charge in [0.05, 0.1) is 12.5 Å². The number of hydrogen-bond acceptors (Lipinski definition) is 9. The van der Waals surface area contributed by atoms with Crippen molar-refractivity contribution in [3.63, 3.8) is 0 Å². The highest BCUT2D eigenvalue weighted by Gasteiger charge is 2.35. The second kappa shape index (κ2) is 10.3. The van der Waals surface area contributed by atoms with Crippen LogP contribution in [0.4, 0.5) is 0 Å². The summed E-state index contributed by atoms with van der Waals surface area (Å²) in [5.41, 5.74) is 1.58. The highest BCUT2D eigenvalue weighted by atomic mass is 16.6. The van der Waals surface area contributed by atoms with Gasteiger partial charge in [0.15, 0.2) is 40.6 Å². The molecule has 2 atom stereocenters.